The molecule has 0 saturated carbocycles. The van der Waals surface area contributed by atoms with Crippen molar-refractivity contribution in [1.29, 1.82) is 0 Å². The summed E-state index contributed by atoms with van der Waals surface area (Å²) < 4.78 is 2.16. The minimum Gasteiger partial charge on any atom is -0.494 e. The standard InChI is InChI=1S/C31H28N8O10/c1-36(38(3,28(41)42)29(43)44)26-10-6-8-20(34-26)22-15-19(18-12-13-25(49-5)24(14-18)32-17-40)16-23(33-22)21-9-7-11-27(35-21)37(2)39(4,30(45)46)31(47)48/h6-16H,1-5H3,(H2-2,41,42,43,44,45,46,47,48)/p+2. The van der Waals surface area contributed by atoms with Gasteiger partial charge in [0.1, 0.15) is 25.5 Å². The largest absolute Gasteiger partial charge is 0.549 e. The highest BCUT2D eigenvalue weighted by Crippen LogP contribution is 2.36. The molecule has 0 aliphatic heterocycles. The molecule has 4 aromatic rings. The number of aromatic nitrogens is 3. The first-order valence-electron chi connectivity index (χ1n) is 14.0. The van der Waals surface area contributed by atoms with Crippen molar-refractivity contribution in [3.63, 3.8) is 0 Å². The molecule has 4 amide bonds. The maximum Gasteiger partial charge on any atom is 0.549 e. The van der Waals surface area contributed by atoms with Gasteiger partial charge in [-0.2, -0.15) is 34.2 Å². The molecule has 18 heteroatoms. The average molecular weight is 675 g/mol. The fourth-order valence-corrected chi connectivity index (χ4v) is 4.54. The van der Waals surface area contributed by atoms with E-state index >= 15 is 0 Å². The van der Waals surface area contributed by atoms with Gasteiger partial charge >= 0.3 is 24.4 Å². The highest BCUT2D eigenvalue weighted by molar-refractivity contribution is 5.79. The van der Waals surface area contributed by atoms with Crippen molar-refractivity contribution in [2.75, 3.05) is 45.3 Å². The van der Waals surface area contributed by atoms with Crippen LogP contribution >= 0.6 is 0 Å². The first-order chi connectivity index (χ1) is 23.1. The zero-order valence-corrected chi connectivity index (χ0v) is 26.7. The Morgan fingerprint density at radius 1 is 0.673 bits per heavy atom. The molecule has 18 nitrogen and oxygen atoms in total. The van der Waals surface area contributed by atoms with Gasteiger partial charge in [-0.25, -0.2) is 19.7 Å². The van der Waals surface area contributed by atoms with Crippen molar-refractivity contribution >= 4 is 47.8 Å². The number of carboxylic acid groups (broad SMARTS) is 4. The summed E-state index contributed by atoms with van der Waals surface area (Å²) in [5, 5.41) is 40.7. The Bertz CT molecular complexity index is 1900. The van der Waals surface area contributed by atoms with Crippen molar-refractivity contribution in [2.24, 2.45) is 4.99 Å². The third kappa shape index (κ3) is 6.45. The Morgan fingerprint density at radius 2 is 1.12 bits per heavy atom. The molecular formula is C31H30N8O10+2. The van der Waals surface area contributed by atoms with Crippen LogP contribution in [0.3, 0.4) is 0 Å². The van der Waals surface area contributed by atoms with Crippen molar-refractivity contribution in [2.45, 2.75) is 0 Å². The number of imide groups is 2. The van der Waals surface area contributed by atoms with Gasteiger partial charge in [0.25, 0.3) is 0 Å². The summed E-state index contributed by atoms with van der Waals surface area (Å²) in [6.07, 6.45) is -5.20. The highest BCUT2D eigenvalue weighted by Gasteiger charge is 2.48. The summed E-state index contributed by atoms with van der Waals surface area (Å²) in [6, 6.07) is 17.1. The topological polar surface area (TPSA) is 233 Å². The van der Waals surface area contributed by atoms with E-state index in [1.165, 1.54) is 51.6 Å². The number of anilines is 2. The van der Waals surface area contributed by atoms with Crippen LogP contribution in [0.25, 0.3) is 33.9 Å². The lowest BCUT2D eigenvalue weighted by Gasteiger charge is -2.30. The molecule has 0 spiro atoms. The van der Waals surface area contributed by atoms with E-state index in [1.807, 2.05) is 0 Å². The predicted molar refractivity (Wildman–Crippen MR) is 172 cm³/mol. The first kappa shape index (κ1) is 35.1. The number of ether oxygens (including phenoxy) is 1. The van der Waals surface area contributed by atoms with Crippen LogP contribution in [0, 0.1) is 0 Å². The molecule has 0 aliphatic carbocycles. The normalized spacial score (nSPS) is 11.2. The van der Waals surface area contributed by atoms with E-state index in [2.05, 4.69) is 15.0 Å². The molecule has 49 heavy (non-hydrogen) atoms. The number of hydrogen-bond donors (Lipinski definition) is 4. The van der Waals surface area contributed by atoms with Crippen LogP contribution in [-0.4, -0.2) is 110 Å². The Balaban J connectivity index is 1.96. The lowest BCUT2D eigenvalue weighted by Crippen LogP contribution is -2.62. The molecule has 3 aromatic heterocycles. The Kier molecular flexibility index (Phi) is 9.70. The lowest BCUT2D eigenvalue weighted by molar-refractivity contribution is -0.771. The summed E-state index contributed by atoms with van der Waals surface area (Å²) in [7, 11) is 5.84. The quantitative estimate of drug-likeness (QED) is 0.0777. The third-order valence-corrected chi connectivity index (χ3v) is 7.85. The number of pyridine rings is 3. The van der Waals surface area contributed by atoms with E-state index < -0.39 is 33.6 Å². The van der Waals surface area contributed by atoms with Crippen molar-refractivity contribution < 1.29 is 58.3 Å². The predicted octanol–water partition coefficient (Wildman–Crippen LogP) is 5.16. The number of aliphatic imine (C=N–C) groups is 1. The summed E-state index contributed by atoms with van der Waals surface area (Å²) in [4.78, 5) is 76.4. The Hall–Kier alpha value is -6.75. The minimum atomic E-state index is -1.67. The Morgan fingerprint density at radius 3 is 1.51 bits per heavy atom. The van der Waals surface area contributed by atoms with Gasteiger partial charge in [0.2, 0.25) is 6.08 Å². The monoisotopic (exact) mass is 674 g/mol. The molecule has 0 aliphatic rings. The summed E-state index contributed by atoms with van der Waals surface area (Å²) in [5.74, 6) is 0.256. The molecule has 0 saturated heterocycles. The van der Waals surface area contributed by atoms with Crippen LogP contribution in [0.2, 0.25) is 0 Å². The van der Waals surface area contributed by atoms with Gasteiger partial charge < -0.3 is 25.2 Å². The molecule has 0 bridgehead atoms. The maximum absolute atomic E-state index is 12.0. The van der Waals surface area contributed by atoms with Gasteiger partial charge in [-0.1, -0.05) is 18.2 Å². The van der Waals surface area contributed by atoms with Crippen molar-refractivity contribution in [1.82, 2.24) is 15.0 Å². The zero-order valence-electron chi connectivity index (χ0n) is 26.7. The first-order valence-corrected chi connectivity index (χ1v) is 14.0. The SMILES string of the molecule is COc1ccc(-c2cc(-c3cccc(N(C)[N+](C)(C(=O)O)C(=O)O)n3)nc(-c3cccc(N(C)[N+](C)(C(=O)O)C(=O)O)n3)c2)cc1N=C=O. The second kappa shape index (κ2) is 13.5. The van der Waals surface area contributed by atoms with Gasteiger partial charge in [0, 0.05) is 0 Å². The minimum absolute atomic E-state index is 0.0215. The second-order valence-electron chi connectivity index (χ2n) is 10.6. The van der Waals surface area contributed by atoms with Gasteiger partial charge in [-0.3, -0.25) is 0 Å². The number of methoxy groups -OCH3 is 1. The van der Waals surface area contributed by atoms with E-state index in [9.17, 15) is 44.4 Å². The molecule has 252 valence electrons. The number of nitrogens with zero attached hydrogens (tertiary/aromatic N) is 8. The number of hydrogen-bond acceptors (Lipinski definition) is 12. The highest BCUT2D eigenvalue weighted by atomic mass is 16.5. The number of isocyanates is 1. The molecule has 0 unspecified atom stereocenters. The summed E-state index contributed by atoms with van der Waals surface area (Å²) in [5.41, 5.74) is 2.04. The number of rotatable bonds is 9. The van der Waals surface area contributed by atoms with Gasteiger partial charge in [-0.15, -0.1) is 0 Å². The zero-order chi connectivity index (χ0) is 36.3. The smallest absolute Gasteiger partial charge is 0.494 e. The van der Waals surface area contributed by atoms with Crippen LogP contribution in [-0.2, 0) is 4.79 Å². The Labute approximate surface area is 277 Å². The molecule has 0 fully saturated rings. The fraction of sp³-hybridized carbons (Fsp3) is 0.161. The van der Waals surface area contributed by atoms with E-state index in [-0.39, 0.29) is 40.1 Å². The average Bonchev–Trinajstić information content (AvgIpc) is 3.09. The van der Waals surface area contributed by atoms with E-state index in [0.29, 0.717) is 16.9 Å². The number of carbonyl (C=O) groups is 4. The summed E-state index contributed by atoms with van der Waals surface area (Å²) in [6.45, 7) is 0. The van der Waals surface area contributed by atoms with Crippen LogP contribution in [0.15, 0.2) is 71.7 Å². The summed E-state index contributed by atoms with van der Waals surface area (Å²) >= 11 is 0. The maximum atomic E-state index is 12.0. The fourth-order valence-electron chi connectivity index (χ4n) is 4.54. The van der Waals surface area contributed by atoms with E-state index in [4.69, 9.17) is 9.72 Å². The molecule has 1 aromatic carbocycles. The van der Waals surface area contributed by atoms with Crippen LogP contribution in [0.5, 0.6) is 5.75 Å². The number of benzene rings is 1. The van der Waals surface area contributed by atoms with Crippen molar-refractivity contribution in [3.8, 4) is 39.7 Å². The molecule has 0 atom stereocenters. The van der Waals surface area contributed by atoms with Gasteiger partial charge in [0.15, 0.2) is 11.6 Å². The number of quaternary nitrogens is 2. The van der Waals surface area contributed by atoms with E-state index in [0.717, 1.165) is 24.1 Å². The van der Waals surface area contributed by atoms with Crippen molar-refractivity contribution in [3.05, 3.63) is 66.7 Å². The molecule has 0 radical (unpaired) electrons. The number of amides is 4. The molecule has 4 N–H and O–H groups in total. The third-order valence-electron chi connectivity index (χ3n) is 7.85. The lowest BCUT2D eigenvalue weighted by atomic mass is 10.0. The van der Waals surface area contributed by atoms with Gasteiger partial charge in [0.05, 0.1) is 44.0 Å². The van der Waals surface area contributed by atoms with Gasteiger partial charge in [-0.05, 0) is 68.8 Å². The van der Waals surface area contributed by atoms with Crippen LogP contribution < -0.4 is 14.8 Å². The van der Waals surface area contributed by atoms with Crippen LogP contribution in [0.4, 0.5) is 36.5 Å². The molecule has 3 heterocycles. The molecular weight excluding hydrogens is 644 g/mol. The number of carbonyl (C=O) groups excluding carboxylic acids is 1. The second-order valence-corrected chi connectivity index (χ2v) is 10.6. The van der Waals surface area contributed by atoms with Crippen LogP contribution in [0.1, 0.15) is 0 Å². The molecule has 4 rings (SSSR count). The van der Waals surface area contributed by atoms with E-state index in [1.54, 1.807) is 42.5 Å².